The quantitative estimate of drug-likeness (QED) is 0.799. The highest BCUT2D eigenvalue weighted by molar-refractivity contribution is 8.07. The average Bonchev–Trinajstić information content (AvgIpc) is 2.72. The van der Waals surface area contributed by atoms with Crippen molar-refractivity contribution in [2.45, 2.75) is 12.6 Å². The van der Waals surface area contributed by atoms with Crippen LogP contribution in [0.25, 0.3) is 5.57 Å². The predicted molar refractivity (Wildman–Crippen MR) is 89.9 cm³/mol. The number of hydrogen-bond acceptors (Lipinski definition) is 4. The van der Waals surface area contributed by atoms with Gasteiger partial charge < -0.3 is 11.5 Å². The van der Waals surface area contributed by atoms with Gasteiger partial charge in [-0.2, -0.15) is 18.4 Å². The van der Waals surface area contributed by atoms with E-state index in [0.29, 0.717) is 17.0 Å². The number of benzene rings is 1. The van der Waals surface area contributed by atoms with Crippen LogP contribution in [-0.4, -0.2) is 0 Å². The molecule has 1 aliphatic rings. The highest BCUT2D eigenvalue weighted by Crippen LogP contribution is 2.37. The monoisotopic (exact) mass is 349 g/mol. The summed E-state index contributed by atoms with van der Waals surface area (Å²) in [6, 6.07) is 6.67. The molecule has 24 heavy (non-hydrogen) atoms. The van der Waals surface area contributed by atoms with Gasteiger partial charge in [0.15, 0.2) is 0 Å². The molecular formula is C17H14F3N3S. The summed E-state index contributed by atoms with van der Waals surface area (Å²) in [7, 11) is 0. The number of rotatable bonds is 3. The minimum Gasteiger partial charge on any atom is -0.399 e. The highest BCUT2D eigenvalue weighted by atomic mass is 32.2. The summed E-state index contributed by atoms with van der Waals surface area (Å²) in [6.45, 7) is 0. The number of nitriles is 1. The lowest BCUT2D eigenvalue weighted by Crippen LogP contribution is -2.10. The van der Waals surface area contributed by atoms with E-state index in [9.17, 15) is 18.4 Å². The second kappa shape index (κ2) is 7.32. The molecule has 0 amide bonds. The fraction of sp³-hybridized carbons (Fsp3) is 0.118. The van der Waals surface area contributed by atoms with Crippen LogP contribution < -0.4 is 11.5 Å². The van der Waals surface area contributed by atoms with Crippen LogP contribution in [0.15, 0.2) is 64.2 Å². The minimum absolute atomic E-state index is 0.00516. The fourth-order valence-corrected chi connectivity index (χ4v) is 2.90. The van der Waals surface area contributed by atoms with Crippen LogP contribution in [0.5, 0.6) is 0 Å². The SMILES string of the molecule is N#C/C(=C(/N)SC1=CCC=C(N)C=C1)c1ccccc1C(F)(F)F. The molecule has 0 heterocycles. The number of nitrogens with zero attached hydrogens (tertiary/aromatic N) is 1. The zero-order valence-corrected chi connectivity index (χ0v) is 13.3. The first kappa shape index (κ1) is 17.8. The zero-order chi connectivity index (χ0) is 17.7. The van der Waals surface area contributed by atoms with Crippen LogP contribution in [0.4, 0.5) is 13.2 Å². The van der Waals surface area contributed by atoms with E-state index < -0.39 is 11.7 Å². The number of halogens is 3. The van der Waals surface area contributed by atoms with Crippen LogP contribution >= 0.6 is 11.8 Å². The third-order valence-electron chi connectivity index (χ3n) is 3.20. The van der Waals surface area contributed by atoms with Gasteiger partial charge in [-0.15, -0.1) is 0 Å². The van der Waals surface area contributed by atoms with E-state index in [1.54, 1.807) is 24.3 Å². The second-order valence-electron chi connectivity index (χ2n) is 4.88. The first-order valence-electron chi connectivity index (χ1n) is 6.91. The summed E-state index contributed by atoms with van der Waals surface area (Å²) >= 11 is 1.04. The molecule has 0 saturated heterocycles. The van der Waals surface area contributed by atoms with E-state index in [2.05, 4.69) is 0 Å². The molecule has 0 saturated carbocycles. The normalized spacial score (nSPS) is 15.8. The number of hydrogen-bond donors (Lipinski definition) is 2. The van der Waals surface area contributed by atoms with Crippen LogP contribution in [-0.2, 0) is 6.18 Å². The minimum atomic E-state index is -4.57. The Labute approximate surface area is 141 Å². The lowest BCUT2D eigenvalue weighted by molar-refractivity contribution is -0.137. The molecule has 0 fully saturated rings. The molecule has 2 rings (SSSR count). The molecule has 0 spiro atoms. The summed E-state index contributed by atoms with van der Waals surface area (Å²) in [5.74, 6) is 0. The molecule has 0 radical (unpaired) electrons. The van der Waals surface area contributed by atoms with Crippen molar-refractivity contribution in [1.29, 1.82) is 5.26 Å². The fourth-order valence-electron chi connectivity index (χ4n) is 2.08. The number of thioether (sulfide) groups is 1. The Morgan fingerprint density at radius 3 is 2.54 bits per heavy atom. The predicted octanol–water partition coefficient (Wildman–Crippen LogP) is 4.28. The smallest absolute Gasteiger partial charge is 0.399 e. The number of allylic oxidation sites excluding steroid dienone is 5. The first-order chi connectivity index (χ1) is 11.3. The molecular weight excluding hydrogens is 335 g/mol. The standard InChI is InChI=1S/C17H14F3N3S/c18-17(19,20)15-7-2-1-6-13(15)14(10-21)16(23)24-12-5-3-4-11(22)8-9-12/h1-2,4-9H,3,22-23H2/b16-14+. The van der Waals surface area contributed by atoms with Gasteiger partial charge in [0.25, 0.3) is 0 Å². The van der Waals surface area contributed by atoms with Crippen molar-refractivity contribution in [3.05, 3.63) is 75.3 Å². The molecule has 124 valence electrons. The Balaban J connectivity index is 2.41. The van der Waals surface area contributed by atoms with Gasteiger partial charge in [0.05, 0.1) is 16.2 Å². The molecule has 4 N–H and O–H groups in total. The Kier molecular flexibility index (Phi) is 5.42. The third-order valence-corrected chi connectivity index (χ3v) is 4.16. The van der Waals surface area contributed by atoms with Crippen LogP contribution in [0.3, 0.4) is 0 Å². The van der Waals surface area contributed by atoms with Crippen molar-refractivity contribution < 1.29 is 13.2 Å². The number of alkyl halides is 3. The first-order valence-corrected chi connectivity index (χ1v) is 7.72. The van der Waals surface area contributed by atoms with Gasteiger partial charge in [0.2, 0.25) is 0 Å². The van der Waals surface area contributed by atoms with Gasteiger partial charge >= 0.3 is 6.18 Å². The van der Waals surface area contributed by atoms with E-state index in [4.69, 9.17) is 11.5 Å². The summed E-state index contributed by atoms with van der Waals surface area (Å²) in [5, 5.41) is 9.34. The maximum Gasteiger partial charge on any atom is 0.417 e. The molecule has 0 unspecified atom stereocenters. The molecule has 7 heteroatoms. The van der Waals surface area contributed by atoms with Crippen molar-refractivity contribution in [3.63, 3.8) is 0 Å². The topological polar surface area (TPSA) is 75.8 Å². The summed E-state index contributed by atoms with van der Waals surface area (Å²) in [5.41, 5.74) is 10.9. The molecule has 0 aromatic heterocycles. The summed E-state index contributed by atoms with van der Waals surface area (Å²) in [6.07, 6.45) is 3.03. The molecule has 0 aliphatic heterocycles. The Bertz CT molecular complexity index is 796. The zero-order valence-electron chi connectivity index (χ0n) is 12.5. The van der Waals surface area contributed by atoms with E-state index >= 15 is 0 Å². The van der Waals surface area contributed by atoms with Gasteiger partial charge in [-0.25, -0.2) is 0 Å². The van der Waals surface area contributed by atoms with E-state index in [1.165, 1.54) is 18.2 Å². The Morgan fingerprint density at radius 1 is 1.17 bits per heavy atom. The molecule has 0 atom stereocenters. The van der Waals surface area contributed by atoms with Crippen molar-refractivity contribution in [2.24, 2.45) is 11.5 Å². The van der Waals surface area contributed by atoms with Gasteiger partial charge in [-0.1, -0.05) is 42.1 Å². The highest BCUT2D eigenvalue weighted by Gasteiger charge is 2.34. The lowest BCUT2D eigenvalue weighted by Gasteiger charge is -2.13. The van der Waals surface area contributed by atoms with Crippen LogP contribution in [0, 0.1) is 11.3 Å². The van der Waals surface area contributed by atoms with E-state index in [-0.39, 0.29) is 16.2 Å². The number of nitrogens with two attached hydrogens (primary N) is 2. The van der Waals surface area contributed by atoms with E-state index in [0.717, 1.165) is 17.8 Å². The van der Waals surface area contributed by atoms with Gasteiger partial charge in [0, 0.05) is 16.2 Å². The maximum atomic E-state index is 13.1. The van der Waals surface area contributed by atoms with Gasteiger partial charge in [0.1, 0.15) is 6.07 Å². The van der Waals surface area contributed by atoms with Gasteiger partial charge in [-0.05, 0) is 24.6 Å². The molecule has 3 nitrogen and oxygen atoms in total. The largest absolute Gasteiger partial charge is 0.417 e. The summed E-state index contributed by atoms with van der Waals surface area (Å²) in [4.78, 5) is 0.710. The third kappa shape index (κ3) is 4.24. The Morgan fingerprint density at radius 2 is 1.88 bits per heavy atom. The molecule has 0 bridgehead atoms. The molecule has 1 aliphatic carbocycles. The Hall–Kier alpha value is -2.59. The van der Waals surface area contributed by atoms with Crippen molar-refractivity contribution in [1.82, 2.24) is 0 Å². The van der Waals surface area contributed by atoms with Crippen LogP contribution in [0.2, 0.25) is 0 Å². The van der Waals surface area contributed by atoms with Crippen molar-refractivity contribution >= 4 is 17.3 Å². The lowest BCUT2D eigenvalue weighted by atomic mass is 10.0. The maximum absolute atomic E-state index is 13.1. The van der Waals surface area contributed by atoms with Crippen molar-refractivity contribution in [2.75, 3.05) is 0 Å². The van der Waals surface area contributed by atoms with Crippen molar-refractivity contribution in [3.8, 4) is 6.07 Å². The average molecular weight is 349 g/mol. The van der Waals surface area contributed by atoms with Gasteiger partial charge in [-0.3, -0.25) is 0 Å². The molecule has 1 aromatic carbocycles. The second-order valence-corrected chi connectivity index (χ2v) is 5.99. The summed E-state index contributed by atoms with van der Waals surface area (Å²) < 4.78 is 39.4. The van der Waals surface area contributed by atoms with Crippen LogP contribution in [0.1, 0.15) is 17.5 Å². The molecule has 1 aromatic rings. The van der Waals surface area contributed by atoms with E-state index in [1.807, 2.05) is 6.08 Å².